The van der Waals surface area contributed by atoms with Gasteiger partial charge in [0.2, 0.25) is 23.8 Å². The topological polar surface area (TPSA) is 623 Å². The van der Waals surface area contributed by atoms with E-state index in [9.17, 15) is 66.6 Å². The molecule has 0 atom stereocenters. The Bertz CT molecular complexity index is 8160. The van der Waals surface area contributed by atoms with E-state index in [1.165, 1.54) is 78.9 Å². The third kappa shape index (κ3) is 30.6. The lowest BCUT2D eigenvalue weighted by atomic mass is 10.0. The third-order valence-corrected chi connectivity index (χ3v) is 24.8. The molecule has 2 heterocycles. The summed E-state index contributed by atoms with van der Waals surface area (Å²) in [5.41, 5.74) is 11.2. The number of aliphatic carboxylic acids is 1. The van der Waals surface area contributed by atoms with Crippen LogP contribution in [-0.4, -0.2) is 119 Å². The molecule has 2 aromatic heterocycles. The molecular formula is C100H88N26O18S4. The first-order chi connectivity index (χ1) is 71.1. The fourth-order valence-electron chi connectivity index (χ4n) is 13.8. The summed E-state index contributed by atoms with van der Waals surface area (Å²) in [4.78, 5) is 50.5. The molecule has 750 valence electrons. The van der Waals surface area contributed by atoms with E-state index in [2.05, 4.69) is 103 Å². The van der Waals surface area contributed by atoms with Crippen molar-refractivity contribution in [3.63, 3.8) is 0 Å². The molecule has 0 amide bonds. The van der Waals surface area contributed by atoms with Crippen LogP contribution in [0.3, 0.4) is 0 Å². The van der Waals surface area contributed by atoms with E-state index < -0.39 is 56.2 Å². The van der Waals surface area contributed by atoms with Gasteiger partial charge in [-0.1, -0.05) is 72.8 Å². The van der Waals surface area contributed by atoms with Crippen LogP contribution in [-0.2, 0) is 80.7 Å². The van der Waals surface area contributed by atoms with Crippen LogP contribution in [0.5, 0.6) is 11.5 Å². The van der Waals surface area contributed by atoms with E-state index in [0.29, 0.717) is 126 Å². The standard InChI is InChI=1S/C100H88N26O18S4/c1-62-49-68(22-42-83(62)122-123-85-44-36-79(55-92(85)147(136,137)138)119-111-70-13-7-5-8-14-70)53-94-105-95(54-69-50-63(2)87(57-90(69)143-47-11-17-96(128)129)125-118-75-29-25-73(26-30-75)114-116-77-33-40-82(41-34-77)146(133,134)135)107-97(106-94)101-59-66-18-20-67(21-19-66)60-102-98-108-99(103-78-35-43-84(64(3)51-78)121-117-74-27-23-72(24-28-74)113-115-76-31-38-81(39-32-76)145(130,131)132)110-100(109-98)104-89-52-65(4)88(58-91(89)144-48-12-46-142-61-127)126-124-86-45-37-80(56-93(86)148(139,140)141)120-112-71-15-9-6-10-16-71/h5-10,13-16,18-45,49-52,55-58,61H,11-12,17,46-48,53-54,59-60H2,1-4H3,(H,128,129)(H,130,131,132)(H,133,134,135)(H,136,137,138)(H,139,140,141)(H,101,105,106,107)(H3,102,103,104,108,109,110). The molecule has 0 aliphatic carbocycles. The van der Waals surface area contributed by atoms with Gasteiger partial charge in [0.15, 0.2) is 0 Å². The summed E-state index contributed by atoms with van der Waals surface area (Å²) in [5, 5.41) is 91.5. The normalized spacial score (nSPS) is 12.1. The molecule has 48 heteroatoms. The number of anilines is 6. The van der Waals surface area contributed by atoms with Gasteiger partial charge in [0.1, 0.15) is 44.3 Å². The lowest BCUT2D eigenvalue weighted by molar-refractivity contribution is -0.137. The molecule has 0 fully saturated rings. The zero-order valence-corrected chi connectivity index (χ0v) is 82.0. The smallest absolute Gasteiger partial charge is 0.303 e. The van der Waals surface area contributed by atoms with E-state index >= 15 is 0 Å². The highest BCUT2D eigenvalue weighted by Gasteiger charge is 2.24. The average Bonchev–Trinajstić information content (AvgIpc) is 0.804. The Hall–Kier alpha value is -17.9. The second-order valence-corrected chi connectivity index (χ2v) is 38.1. The van der Waals surface area contributed by atoms with Crippen molar-refractivity contribution in [1.29, 1.82) is 0 Å². The van der Waals surface area contributed by atoms with Gasteiger partial charge in [-0.05, 0) is 267 Å². The van der Waals surface area contributed by atoms with Crippen molar-refractivity contribution < 1.29 is 80.8 Å². The highest BCUT2D eigenvalue weighted by molar-refractivity contribution is 7.86. The number of aryl methyl sites for hydroxylation is 4. The highest BCUT2D eigenvalue weighted by Crippen LogP contribution is 2.41. The minimum Gasteiger partial charge on any atom is -0.493 e. The largest absolute Gasteiger partial charge is 0.493 e. The Kier molecular flexibility index (Phi) is 34.2. The predicted molar refractivity (Wildman–Crippen MR) is 546 cm³/mol. The molecule has 0 unspecified atom stereocenters. The van der Waals surface area contributed by atoms with Crippen molar-refractivity contribution >= 4 is 179 Å². The Morgan fingerprint density at radius 3 is 1.16 bits per heavy atom. The molecule has 0 radical (unpaired) electrons. The summed E-state index contributed by atoms with van der Waals surface area (Å²) in [6, 6.07) is 74.1. The summed E-state index contributed by atoms with van der Waals surface area (Å²) in [6.07, 6.45) is 0.457. The molecule has 44 nitrogen and oxygen atoms in total. The lowest BCUT2D eigenvalue weighted by Gasteiger charge is -2.16. The van der Waals surface area contributed by atoms with Gasteiger partial charge in [0.25, 0.3) is 46.9 Å². The molecule has 0 saturated carbocycles. The monoisotopic (exact) mass is 2070 g/mol. The summed E-state index contributed by atoms with van der Waals surface area (Å²) in [5.74, 6) is 0.497. The molecule has 15 aromatic rings. The minimum atomic E-state index is -4.89. The molecule has 15 rings (SSSR count). The van der Waals surface area contributed by atoms with Gasteiger partial charge in [-0.15, -0.1) is 10.2 Å². The first kappa shape index (κ1) is 104. The van der Waals surface area contributed by atoms with Crippen LogP contribution < -0.4 is 30.7 Å². The Morgan fingerprint density at radius 2 is 0.689 bits per heavy atom. The molecular weight excluding hydrogens is 1980 g/mol. The number of carboxylic acid groups (broad SMARTS) is 1. The number of aromatic nitrogens is 6. The first-order valence-corrected chi connectivity index (χ1v) is 50.5. The number of carbonyl (C=O) groups excluding carboxylic acids is 1. The van der Waals surface area contributed by atoms with E-state index in [0.717, 1.165) is 28.8 Å². The van der Waals surface area contributed by atoms with Crippen molar-refractivity contribution in [2.24, 2.45) is 81.8 Å². The second kappa shape index (κ2) is 48.4. The maximum Gasteiger partial charge on any atom is 0.303 e. The SMILES string of the molecule is Cc1cc(Nc2nc(NCc3ccc(CNc4nc(Cc5ccc(N=Nc6ccc(N=Nc7ccccc7)cc6S(=O)(=O)O)c(C)c5)nc(Cc5cc(C)c(N=Nc6ccc(N=Nc7ccc(S(=O)(=O)O)cc7)cc6)cc5OCCCC(=O)O)n4)cc3)nc(Nc3cc(C)c(N=Nc4ccc(N=Nc5ccccc5)cc4S(=O)(=O)O)cc3OCCCOC=O)n2)ccc1N=Nc1ccc(N=Nc2ccc(S(=O)(=O)O)cc2)cc1. The maximum atomic E-state index is 12.9. The molecule has 9 N–H and O–H groups in total. The zero-order valence-electron chi connectivity index (χ0n) is 78.7. The second-order valence-electron chi connectivity index (χ2n) is 32.4. The summed E-state index contributed by atoms with van der Waals surface area (Å²) < 4.78 is 154. The summed E-state index contributed by atoms with van der Waals surface area (Å²) in [7, 11) is -18.5. The van der Waals surface area contributed by atoms with Crippen molar-refractivity contribution in [2.75, 3.05) is 41.1 Å². The highest BCUT2D eigenvalue weighted by atomic mass is 32.2. The first-order valence-electron chi connectivity index (χ1n) is 44.8. The molecule has 0 aliphatic heterocycles. The quantitative estimate of drug-likeness (QED) is 0.00741. The number of nitrogens with one attached hydrogen (secondary N) is 4. The number of carboxylic acids is 1. The van der Waals surface area contributed by atoms with Crippen molar-refractivity contribution in [2.45, 2.75) is 92.5 Å². The van der Waals surface area contributed by atoms with Crippen molar-refractivity contribution in [1.82, 2.24) is 29.9 Å². The molecule has 0 aliphatic rings. The van der Waals surface area contributed by atoms with E-state index in [1.807, 2.05) is 62.4 Å². The number of benzene rings is 13. The molecule has 0 spiro atoms. The van der Waals surface area contributed by atoms with Crippen LogP contribution in [0.1, 0.15) is 75.4 Å². The minimum absolute atomic E-state index is 0.00277. The Labute approximate surface area is 846 Å². The van der Waals surface area contributed by atoms with Crippen LogP contribution in [0.15, 0.2) is 380 Å². The number of hydrogen-bond donors (Lipinski definition) is 9. The molecule has 148 heavy (non-hydrogen) atoms. The fraction of sp³-hybridized carbons (Fsp3) is 0.140. The number of azo groups is 8. The van der Waals surface area contributed by atoms with Crippen LogP contribution in [0, 0.1) is 27.7 Å². The predicted octanol–water partition coefficient (Wildman–Crippen LogP) is 25.7. The maximum absolute atomic E-state index is 12.9. The van der Waals surface area contributed by atoms with Gasteiger partial charge in [-0.25, -0.2) is 4.98 Å². The Balaban J connectivity index is 0.699. The third-order valence-electron chi connectivity index (χ3n) is 21.3. The van der Waals surface area contributed by atoms with Gasteiger partial charge >= 0.3 is 5.97 Å². The van der Waals surface area contributed by atoms with E-state index in [4.69, 9.17) is 44.1 Å². The van der Waals surface area contributed by atoms with Gasteiger partial charge in [-0.2, -0.15) is 130 Å². The zero-order chi connectivity index (χ0) is 104. The van der Waals surface area contributed by atoms with Crippen LogP contribution in [0.4, 0.5) is 126 Å². The van der Waals surface area contributed by atoms with Gasteiger partial charge in [-0.3, -0.25) is 27.8 Å². The van der Waals surface area contributed by atoms with Gasteiger partial charge in [0, 0.05) is 62.2 Å². The van der Waals surface area contributed by atoms with Gasteiger partial charge in [0.05, 0.1) is 115 Å². The number of carbonyl (C=O) groups is 2. The van der Waals surface area contributed by atoms with Crippen LogP contribution in [0.2, 0.25) is 0 Å². The molecule has 13 aromatic carbocycles. The van der Waals surface area contributed by atoms with Gasteiger partial charge < -0.3 is 40.6 Å². The van der Waals surface area contributed by atoms with E-state index in [-0.39, 0.29) is 133 Å². The Morgan fingerprint density at radius 1 is 0.324 bits per heavy atom. The summed E-state index contributed by atoms with van der Waals surface area (Å²) in [6.45, 7) is 7.89. The van der Waals surface area contributed by atoms with Crippen molar-refractivity contribution in [3.05, 3.63) is 335 Å². The lowest BCUT2D eigenvalue weighted by Crippen LogP contribution is -2.12. The summed E-state index contributed by atoms with van der Waals surface area (Å²) >= 11 is 0. The molecule has 0 saturated heterocycles. The number of nitrogens with zero attached hydrogens (tertiary/aromatic N) is 22. The van der Waals surface area contributed by atoms with Crippen LogP contribution in [0.25, 0.3) is 0 Å². The van der Waals surface area contributed by atoms with E-state index in [1.54, 1.807) is 153 Å². The fourth-order valence-corrected chi connectivity index (χ4v) is 16.1. The number of ether oxygens (including phenoxy) is 3. The molecule has 0 bridgehead atoms. The van der Waals surface area contributed by atoms with Crippen LogP contribution >= 0.6 is 0 Å². The van der Waals surface area contributed by atoms with Crippen molar-refractivity contribution in [3.8, 4) is 11.5 Å². The number of rotatable bonds is 45. The number of hydrogen-bond acceptors (Lipinski definition) is 39. The average molecular weight is 2070 g/mol.